The number of aliphatic hydroxyl groups is 1. The number of rotatable bonds is 4. The molecule has 0 aliphatic rings. The topological polar surface area (TPSA) is 72.5 Å². The van der Waals surface area contributed by atoms with Gasteiger partial charge in [0.05, 0.1) is 7.11 Å². The van der Waals surface area contributed by atoms with Crippen LogP contribution >= 0.6 is 0 Å². The molecule has 76 valence electrons. The minimum Gasteiger partial charge on any atom is -0.496 e. The molecular formula is C10H13NO3. The summed E-state index contributed by atoms with van der Waals surface area (Å²) >= 11 is 0. The number of hydrogen-bond acceptors (Lipinski definition) is 3. The van der Waals surface area contributed by atoms with E-state index in [4.69, 9.17) is 15.6 Å². The van der Waals surface area contributed by atoms with Crippen LogP contribution in [0.3, 0.4) is 0 Å². The molecule has 1 rings (SSSR count). The molecule has 0 fully saturated rings. The van der Waals surface area contributed by atoms with Crippen molar-refractivity contribution in [1.82, 2.24) is 0 Å². The SMILES string of the molecule is COc1cc(C(N)=O)ccc1CCO. The Labute approximate surface area is 82.3 Å². The van der Waals surface area contributed by atoms with Gasteiger partial charge in [0.15, 0.2) is 0 Å². The molecule has 0 unspecified atom stereocenters. The number of benzene rings is 1. The van der Waals surface area contributed by atoms with Crippen molar-refractivity contribution in [3.63, 3.8) is 0 Å². The summed E-state index contributed by atoms with van der Waals surface area (Å²) in [7, 11) is 1.51. The lowest BCUT2D eigenvalue weighted by molar-refractivity contribution is 0.1000. The number of hydrogen-bond donors (Lipinski definition) is 2. The average Bonchev–Trinajstić information content (AvgIpc) is 2.18. The second-order valence-electron chi connectivity index (χ2n) is 2.86. The first-order chi connectivity index (χ1) is 6.69. The fraction of sp³-hybridized carbons (Fsp3) is 0.300. The third kappa shape index (κ3) is 2.23. The largest absolute Gasteiger partial charge is 0.496 e. The second kappa shape index (κ2) is 4.62. The minimum atomic E-state index is -0.487. The van der Waals surface area contributed by atoms with Crippen LogP contribution in [0.25, 0.3) is 0 Å². The lowest BCUT2D eigenvalue weighted by Crippen LogP contribution is -2.11. The molecule has 1 aromatic rings. The molecule has 4 heteroatoms. The minimum absolute atomic E-state index is 0.0479. The quantitative estimate of drug-likeness (QED) is 0.727. The van der Waals surface area contributed by atoms with Gasteiger partial charge in [0.25, 0.3) is 0 Å². The fourth-order valence-electron chi connectivity index (χ4n) is 1.22. The van der Waals surface area contributed by atoms with Crippen molar-refractivity contribution in [1.29, 1.82) is 0 Å². The molecule has 0 spiro atoms. The highest BCUT2D eigenvalue weighted by Gasteiger charge is 2.06. The van der Waals surface area contributed by atoms with Crippen molar-refractivity contribution < 1.29 is 14.6 Å². The number of carbonyl (C=O) groups excluding carboxylic acids is 1. The predicted molar refractivity (Wildman–Crippen MR) is 52.3 cm³/mol. The summed E-state index contributed by atoms with van der Waals surface area (Å²) in [4.78, 5) is 10.9. The molecule has 14 heavy (non-hydrogen) atoms. The van der Waals surface area contributed by atoms with Crippen LogP contribution in [-0.2, 0) is 6.42 Å². The summed E-state index contributed by atoms with van der Waals surface area (Å²) in [6.45, 7) is 0.0479. The smallest absolute Gasteiger partial charge is 0.248 e. The maximum Gasteiger partial charge on any atom is 0.248 e. The van der Waals surface area contributed by atoms with Gasteiger partial charge in [0.1, 0.15) is 5.75 Å². The zero-order valence-electron chi connectivity index (χ0n) is 7.99. The Bertz CT molecular complexity index is 336. The van der Waals surface area contributed by atoms with E-state index < -0.39 is 5.91 Å². The molecule has 0 atom stereocenters. The Morgan fingerprint density at radius 1 is 1.57 bits per heavy atom. The van der Waals surface area contributed by atoms with Crippen LogP contribution in [0.4, 0.5) is 0 Å². The van der Waals surface area contributed by atoms with Gasteiger partial charge in [-0.25, -0.2) is 0 Å². The number of primary amides is 1. The van der Waals surface area contributed by atoms with Crippen molar-refractivity contribution in [2.45, 2.75) is 6.42 Å². The molecule has 1 aromatic carbocycles. The standard InChI is InChI=1S/C10H13NO3/c1-14-9-6-8(10(11)13)3-2-7(9)4-5-12/h2-3,6,12H,4-5H2,1H3,(H2,11,13). The van der Waals surface area contributed by atoms with E-state index in [2.05, 4.69) is 0 Å². The summed E-state index contributed by atoms with van der Waals surface area (Å²) in [6.07, 6.45) is 0.502. The first kappa shape index (κ1) is 10.5. The van der Waals surface area contributed by atoms with E-state index in [1.807, 2.05) is 0 Å². The predicted octanol–water partition coefficient (Wildman–Crippen LogP) is 0.329. The molecule has 0 radical (unpaired) electrons. The molecule has 0 saturated heterocycles. The Hall–Kier alpha value is -1.55. The molecule has 0 aliphatic heterocycles. The number of aliphatic hydroxyl groups excluding tert-OH is 1. The number of amides is 1. The molecule has 3 N–H and O–H groups in total. The van der Waals surface area contributed by atoms with Gasteiger partial charge < -0.3 is 15.6 Å². The van der Waals surface area contributed by atoms with Crippen molar-refractivity contribution in [2.75, 3.05) is 13.7 Å². The molecule has 0 bridgehead atoms. The van der Waals surface area contributed by atoms with E-state index in [9.17, 15) is 4.79 Å². The summed E-state index contributed by atoms with van der Waals surface area (Å²) in [5, 5.41) is 8.77. The Balaban J connectivity index is 3.04. The van der Waals surface area contributed by atoms with Crippen LogP contribution in [0.15, 0.2) is 18.2 Å². The van der Waals surface area contributed by atoms with Gasteiger partial charge in [-0.3, -0.25) is 4.79 Å². The summed E-state index contributed by atoms with van der Waals surface area (Å²) < 4.78 is 5.07. The first-order valence-corrected chi connectivity index (χ1v) is 4.26. The zero-order chi connectivity index (χ0) is 10.6. The second-order valence-corrected chi connectivity index (χ2v) is 2.86. The van der Waals surface area contributed by atoms with Gasteiger partial charge in [-0.1, -0.05) is 6.07 Å². The summed E-state index contributed by atoms with van der Waals surface area (Å²) in [6, 6.07) is 4.93. The number of carbonyl (C=O) groups is 1. The van der Waals surface area contributed by atoms with Gasteiger partial charge in [-0.05, 0) is 24.1 Å². The van der Waals surface area contributed by atoms with E-state index in [0.29, 0.717) is 17.7 Å². The third-order valence-electron chi connectivity index (χ3n) is 1.95. The van der Waals surface area contributed by atoms with Crippen LogP contribution in [0.2, 0.25) is 0 Å². The van der Waals surface area contributed by atoms with Gasteiger partial charge in [0, 0.05) is 12.2 Å². The molecule has 0 heterocycles. The van der Waals surface area contributed by atoms with E-state index in [0.717, 1.165) is 5.56 Å². The number of ether oxygens (including phenoxy) is 1. The molecule has 0 aromatic heterocycles. The average molecular weight is 195 g/mol. The van der Waals surface area contributed by atoms with Crippen molar-refractivity contribution >= 4 is 5.91 Å². The van der Waals surface area contributed by atoms with Crippen LogP contribution in [0.1, 0.15) is 15.9 Å². The molecule has 0 aliphatic carbocycles. The lowest BCUT2D eigenvalue weighted by atomic mass is 10.1. The van der Waals surface area contributed by atoms with E-state index >= 15 is 0 Å². The normalized spacial score (nSPS) is 9.86. The summed E-state index contributed by atoms with van der Waals surface area (Å²) in [5.74, 6) is 0.0919. The number of methoxy groups -OCH3 is 1. The van der Waals surface area contributed by atoms with Gasteiger partial charge in [-0.2, -0.15) is 0 Å². The van der Waals surface area contributed by atoms with Crippen LogP contribution in [0, 0.1) is 0 Å². The molecular weight excluding hydrogens is 182 g/mol. The molecule has 0 saturated carbocycles. The third-order valence-corrected chi connectivity index (χ3v) is 1.95. The van der Waals surface area contributed by atoms with Gasteiger partial charge in [0.2, 0.25) is 5.91 Å². The van der Waals surface area contributed by atoms with Crippen LogP contribution < -0.4 is 10.5 Å². The number of nitrogens with two attached hydrogens (primary N) is 1. The van der Waals surface area contributed by atoms with E-state index in [-0.39, 0.29) is 6.61 Å². The maximum absolute atomic E-state index is 10.9. The lowest BCUT2D eigenvalue weighted by Gasteiger charge is -2.08. The monoisotopic (exact) mass is 195 g/mol. The highest BCUT2D eigenvalue weighted by Crippen LogP contribution is 2.20. The van der Waals surface area contributed by atoms with E-state index in [1.165, 1.54) is 7.11 Å². The highest BCUT2D eigenvalue weighted by atomic mass is 16.5. The van der Waals surface area contributed by atoms with Crippen LogP contribution in [0.5, 0.6) is 5.75 Å². The van der Waals surface area contributed by atoms with E-state index in [1.54, 1.807) is 18.2 Å². The Morgan fingerprint density at radius 3 is 2.79 bits per heavy atom. The van der Waals surface area contributed by atoms with Gasteiger partial charge >= 0.3 is 0 Å². The van der Waals surface area contributed by atoms with Crippen molar-refractivity contribution in [3.05, 3.63) is 29.3 Å². The highest BCUT2D eigenvalue weighted by molar-refractivity contribution is 5.93. The van der Waals surface area contributed by atoms with Crippen molar-refractivity contribution in [3.8, 4) is 5.75 Å². The maximum atomic E-state index is 10.9. The van der Waals surface area contributed by atoms with Crippen LogP contribution in [-0.4, -0.2) is 24.7 Å². The first-order valence-electron chi connectivity index (χ1n) is 4.26. The zero-order valence-corrected chi connectivity index (χ0v) is 7.99. The van der Waals surface area contributed by atoms with Gasteiger partial charge in [-0.15, -0.1) is 0 Å². The summed E-state index contributed by atoms with van der Waals surface area (Å²) in [5.41, 5.74) is 6.38. The molecule has 1 amide bonds. The fourth-order valence-corrected chi connectivity index (χ4v) is 1.22. The Morgan fingerprint density at radius 2 is 2.29 bits per heavy atom. The molecule has 4 nitrogen and oxygen atoms in total. The Kier molecular flexibility index (Phi) is 3.48. The van der Waals surface area contributed by atoms with Crippen molar-refractivity contribution in [2.24, 2.45) is 5.73 Å².